The summed E-state index contributed by atoms with van der Waals surface area (Å²) in [6, 6.07) is 10.7. The first-order chi connectivity index (χ1) is 13.7. The molecule has 1 atom stereocenters. The van der Waals surface area contributed by atoms with Crippen molar-refractivity contribution >= 4 is 5.84 Å². The summed E-state index contributed by atoms with van der Waals surface area (Å²) >= 11 is 0. The number of benzene rings is 1. The van der Waals surface area contributed by atoms with Crippen LogP contribution in [0.3, 0.4) is 0 Å². The molecule has 0 fully saturated rings. The van der Waals surface area contributed by atoms with Gasteiger partial charge in [0.15, 0.2) is 6.23 Å². The maximum absolute atomic E-state index is 10.2. The summed E-state index contributed by atoms with van der Waals surface area (Å²) < 4.78 is 2.47. The number of hydrogen-bond acceptors (Lipinski definition) is 2. The molecule has 0 saturated carbocycles. The van der Waals surface area contributed by atoms with Crippen molar-refractivity contribution in [3.8, 4) is 0 Å². The number of aliphatic hydroxyl groups excluding tert-OH is 1. The van der Waals surface area contributed by atoms with Gasteiger partial charge in [-0.2, -0.15) is 0 Å². The van der Waals surface area contributed by atoms with E-state index in [0.29, 0.717) is 0 Å². The highest BCUT2D eigenvalue weighted by molar-refractivity contribution is 5.78. The molecule has 1 aliphatic rings. The van der Waals surface area contributed by atoms with Gasteiger partial charge in [-0.05, 0) is 12.0 Å². The minimum absolute atomic E-state index is 0. The minimum atomic E-state index is -0.386. The molecule has 1 aliphatic heterocycles. The molecule has 0 spiro atoms. The number of nitrogens with zero attached hydrogens (tertiary/aromatic N) is 2. The maximum Gasteiger partial charge on any atom is 0.249 e. The van der Waals surface area contributed by atoms with Crippen molar-refractivity contribution in [2.75, 3.05) is 13.1 Å². The molecular formula is C25H43ClN2O. The molecule has 0 bridgehead atoms. The fourth-order valence-electron chi connectivity index (χ4n) is 4.29. The molecule has 29 heavy (non-hydrogen) atoms. The van der Waals surface area contributed by atoms with Gasteiger partial charge in [-0.3, -0.25) is 4.58 Å². The molecule has 3 nitrogen and oxygen atoms in total. The van der Waals surface area contributed by atoms with Gasteiger partial charge in [0.1, 0.15) is 19.6 Å². The number of amidine groups is 1. The lowest BCUT2D eigenvalue weighted by Crippen LogP contribution is -3.00. The van der Waals surface area contributed by atoms with Crippen LogP contribution in [-0.4, -0.2) is 39.7 Å². The third-order valence-corrected chi connectivity index (χ3v) is 5.98. The molecule has 0 amide bonds. The Morgan fingerprint density at radius 1 is 0.897 bits per heavy atom. The number of unbranched alkanes of at least 4 members (excludes halogenated alkanes) is 10. The second-order valence-corrected chi connectivity index (χ2v) is 8.43. The van der Waals surface area contributed by atoms with E-state index in [0.717, 1.165) is 26.1 Å². The van der Waals surface area contributed by atoms with Crippen LogP contribution < -0.4 is 12.4 Å². The molecule has 1 aromatic carbocycles. The van der Waals surface area contributed by atoms with Gasteiger partial charge >= 0.3 is 0 Å². The molecule has 1 heterocycles. The second-order valence-electron chi connectivity index (χ2n) is 8.43. The van der Waals surface area contributed by atoms with E-state index in [2.05, 4.69) is 46.7 Å². The summed E-state index contributed by atoms with van der Waals surface area (Å²) in [4.78, 5) is 2.19. The van der Waals surface area contributed by atoms with Crippen LogP contribution in [0.15, 0.2) is 30.3 Å². The normalized spacial score (nSPS) is 14.9. The van der Waals surface area contributed by atoms with Gasteiger partial charge in [-0.25, -0.2) is 4.90 Å². The average molecular weight is 423 g/mol. The van der Waals surface area contributed by atoms with Crippen molar-refractivity contribution < 1.29 is 22.1 Å². The molecule has 166 valence electrons. The summed E-state index contributed by atoms with van der Waals surface area (Å²) in [7, 11) is 0. The predicted octanol–water partition coefficient (Wildman–Crippen LogP) is 2.96. The van der Waals surface area contributed by atoms with E-state index in [1.54, 1.807) is 0 Å². The molecular weight excluding hydrogens is 380 g/mol. The Labute approximate surface area is 185 Å². The van der Waals surface area contributed by atoms with Gasteiger partial charge in [-0.1, -0.05) is 101 Å². The average Bonchev–Trinajstić information content (AvgIpc) is 3.09. The van der Waals surface area contributed by atoms with Crippen LogP contribution in [0.25, 0.3) is 0 Å². The zero-order valence-electron chi connectivity index (χ0n) is 18.8. The van der Waals surface area contributed by atoms with Gasteiger partial charge in [0, 0.05) is 13.3 Å². The smallest absolute Gasteiger partial charge is 0.249 e. The summed E-state index contributed by atoms with van der Waals surface area (Å²) in [5.74, 6) is 1.34. The monoisotopic (exact) mass is 422 g/mol. The van der Waals surface area contributed by atoms with Crippen LogP contribution in [0.5, 0.6) is 0 Å². The van der Waals surface area contributed by atoms with Crippen molar-refractivity contribution in [3.63, 3.8) is 0 Å². The summed E-state index contributed by atoms with van der Waals surface area (Å²) in [6.45, 7) is 7.10. The molecule has 1 N–H and O–H groups in total. The van der Waals surface area contributed by atoms with E-state index in [-0.39, 0.29) is 18.6 Å². The zero-order valence-corrected chi connectivity index (χ0v) is 19.5. The molecule has 4 heteroatoms. The molecule has 1 unspecified atom stereocenters. The Kier molecular flexibility index (Phi) is 14.1. The van der Waals surface area contributed by atoms with Crippen LogP contribution >= 0.6 is 0 Å². The first-order valence-corrected chi connectivity index (χ1v) is 11.8. The maximum atomic E-state index is 10.2. The highest BCUT2D eigenvalue weighted by atomic mass is 35.5. The van der Waals surface area contributed by atoms with Gasteiger partial charge in [0.2, 0.25) is 5.84 Å². The number of hydrogen-bond donors (Lipinski definition) is 1. The quantitative estimate of drug-likeness (QED) is 0.347. The van der Waals surface area contributed by atoms with Gasteiger partial charge in [-0.15, -0.1) is 0 Å². The lowest BCUT2D eigenvalue weighted by atomic mass is 10.0. The lowest BCUT2D eigenvalue weighted by molar-refractivity contribution is -0.535. The van der Waals surface area contributed by atoms with Crippen LogP contribution in [0.1, 0.15) is 96.5 Å². The van der Waals surface area contributed by atoms with Crippen LogP contribution in [0.4, 0.5) is 0 Å². The Morgan fingerprint density at radius 2 is 1.45 bits per heavy atom. The van der Waals surface area contributed by atoms with Crippen molar-refractivity contribution in [1.29, 1.82) is 0 Å². The summed E-state index contributed by atoms with van der Waals surface area (Å²) in [6.07, 6.45) is 15.8. The van der Waals surface area contributed by atoms with Crippen molar-refractivity contribution in [2.45, 2.75) is 104 Å². The predicted molar refractivity (Wildman–Crippen MR) is 120 cm³/mol. The Hall–Kier alpha value is -1.06. The van der Waals surface area contributed by atoms with Crippen LogP contribution in [0, 0.1) is 0 Å². The largest absolute Gasteiger partial charge is 1.00 e. The third kappa shape index (κ3) is 10.00. The highest BCUT2D eigenvalue weighted by Crippen LogP contribution is 2.16. The zero-order chi connectivity index (χ0) is 20.0. The number of rotatable bonds is 15. The number of aliphatic hydroxyl groups is 1. The fourth-order valence-corrected chi connectivity index (χ4v) is 4.29. The van der Waals surface area contributed by atoms with E-state index in [9.17, 15) is 5.11 Å². The van der Waals surface area contributed by atoms with Crippen molar-refractivity contribution in [3.05, 3.63) is 35.9 Å². The van der Waals surface area contributed by atoms with E-state index in [4.69, 9.17) is 0 Å². The Bertz CT molecular complexity index is 559. The third-order valence-electron chi connectivity index (χ3n) is 5.98. The van der Waals surface area contributed by atoms with Gasteiger partial charge in [0.05, 0.1) is 0 Å². The number of halogens is 1. The molecule has 1 aromatic rings. The first-order valence-electron chi connectivity index (χ1n) is 11.8. The second kappa shape index (κ2) is 15.7. The molecule has 2 rings (SSSR count). The SMILES string of the molecule is CCCCCCCCCCCCCC1=[N+](Cc2ccccc2)CCN1C(C)O.[Cl-]. The van der Waals surface area contributed by atoms with E-state index >= 15 is 0 Å². The molecule has 0 aliphatic carbocycles. The van der Waals surface area contributed by atoms with Crippen molar-refractivity contribution in [1.82, 2.24) is 4.90 Å². The van der Waals surface area contributed by atoms with E-state index in [1.165, 1.54) is 82.0 Å². The van der Waals surface area contributed by atoms with Crippen LogP contribution in [0.2, 0.25) is 0 Å². The Balaban J connectivity index is 0.00000420. The highest BCUT2D eigenvalue weighted by Gasteiger charge is 2.32. The summed E-state index contributed by atoms with van der Waals surface area (Å²) in [5, 5.41) is 10.2. The van der Waals surface area contributed by atoms with Gasteiger partial charge < -0.3 is 17.5 Å². The molecule has 0 saturated heterocycles. The van der Waals surface area contributed by atoms with Gasteiger partial charge in [0.25, 0.3) is 0 Å². The Morgan fingerprint density at radius 3 is 2.00 bits per heavy atom. The minimum Gasteiger partial charge on any atom is -1.00 e. The van der Waals surface area contributed by atoms with E-state index in [1.807, 2.05) is 6.92 Å². The standard InChI is InChI=1S/C25H43N2O.ClH/c1-3-4-5-6-7-8-9-10-11-12-16-19-25-26(20-21-27(25)23(2)28)22-24-17-14-13-15-18-24;/h13-15,17-18,23,28H,3-12,16,19-22H2,1-2H3;1H/q+1;/p-1. The fraction of sp³-hybridized carbons (Fsp3) is 0.720. The van der Waals surface area contributed by atoms with E-state index < -0.39 is 0 Å². The van der Waals surface area contributed by atoms with Crippen LogP contribution in [-0.2, 0) is 6.54 Å². The lowest BCUT2D eigenvalue weighted by Gasteiger charge is -2.16. The molecule has 0 radical (unpaired) electrons. The summed E-state index contributed by atoms with van der Waals surface area (Å²) in [5.41, 5.74) is 1.35. The first kappa shape index (κ1) is 26.0. The topological polar surface area (TPSA) is 26.5 Å². The molecule has 0 aromatic heterocycles. The van der Waals surface area contributed by atoms with Crippen molar-refractivity contribution in [2.24, 2.45) is 0 Å².